The molecule has 2 bridgehead atoms. The third-order valence-electron chi connectivity index (χ3n) is 3.91. The van der Waals surface area contributed by atoms with Crippen LogP contribution in [0, 0.1) is 11.8 Å². The van der Waals surface area contributed by atoms with Crippen LogP contribution in [-0.4, -0.2) is 11.2 Å². The number of fused-ring (bicyclic) bond motifs is 2. The van der Waals surface area contributed by atoms with Crippen LogP contribution in [-0.2, 0) is 4.74 Å². The fraction of sp³-hybridized carbons (Fsp3) is 1.00. The minimum atomic E-state index is 0.145. The first kappa shape index (κ1) is 7.60. The van der Waals surface area contributed by atoms with Crippen molar-refractivity contribution < 1.29 is 4.74 Å². The number of ether oxygens (including phenoxy) is 1. The molecule has 0 radical (unpaired) electrons. The van der Waals surface area contributed by atoms with Crippen LogP contribution in [0.15, 0.2) is 0 Å². The molecule has 1 heterocycles. The fourth-order valence-electron chi connectivity index (χ4n) is 3.12. The van der Waals surface area contributed by atoms with Gasteiger partial charge in [-0.1, -0.05) is 6.92 Å². The molecule has 0 spiro atoms. The molecular formula is C10H18O. The summed E-state index contributed by atoms with van der Waals surface area (Å²) in [4.78, 5) is 0. The van der Waals surface area contributed by atoms with Crippen LogP contribution in [0.2, 0.25) is 0 Å². The minimum absolute atomic E-state index is 0.145. The Kier molecular flexibility index (Phi) is 1.26. The van der Waals surface area contributed by atoms with Crippen LogP contribution < -0.4 is 0 Å². The summed E-state index contributed by atoms with van der Waals surface area (Å²) in [6.45, 7) is 9.08. The monoisotopic (exact) mass is 154 g/mol. The highest BCUT2D eigenvalue weighted by Gasteiger charge is 2.58. The predicted octanol–water partition coefficient (Wildman–Crippen LogP) is 2.60. The largest absolute Gasteiger partial charge is 0.369 e. The predicted molar refractivity (Wildman–Crippen MR) is 45.5 cm³/mol. The summed E-state index contributed by atoms with van der Waals surface area (Å²) in [5.74, 6) is 1.56. The molecule has 2 aliphatic rings. The lowest BCUT2D eigenvalue weighted by molar-refractivity contribution is -0.114. The van der Waals surface area contributed by atoms with E-state index in [1.165, 1.54) is 12.8 Å². The Balaban J connectivity index is 2.33. The first-order chi connectivity index (χ1) is 4.96. The SMILES string of the molecule is C[C@H]1[C@H]2CC[C@]1(C)OC2(C)C. The lowest BCUT2D eigenvalue weighted by atomic mass is 9.84. The zero-order valence-electron chi connectivity index (χ0n) is 7.98. The summed E-state index contributed by atoms with van der Waals surface area (Å²) in [5.41, 5.74) is 0.348. The second-order valence-corrected chi connectivity index (χ2v) is 4.95. The average molecular weight is 154 g/mol. The van der Waals surface area contributed by atoms with Crippen LogP contribution in [0.4, 0.5) is 0 Å². The average Bonchev–Trinajstić information content (AvgIpc) is 2.15. The second kappa shape index (κ2) is 1.82. The number of rotatable bonds is 0. The molecule has 0 amide bonds. The number of hydrogen-bond donors (Lipinski definition) is 0. The molecule has 1 aliphatic heterocycles. The van der Waals surface area contributed by atoms with Gasteiger partial charge in [0.05, 0.1) is 11.2 Å². The van der Waals surface area contributed by atoms with E-state index in [1.54, 1.807) is 0 Å². The van der Waals surface area contributed by atoms with E-state index in [9.17, 15) is 0 Å². The van der Waals surface area contributed by atoms with Gasteiger partial charge in [0.2, 0.25) is 0 Å². The van der Waals surface area contributed by atoms with Gasteiger partial charge in [-0.15, -0.1) is 0 Å². The van der Waals surface area contributed by atoms with Crippen LogP contribution in [0.5, 0.6) is 0 Å². The highest BCUT2D eigenvalue weighted by Crippen LogP contribution is 2.56. The molecule has 3 atom stereocenters. The smallest absolute Gasteiger partial charge is 0.0691 e. The van der Waals surface area contributed by atoms with E-state index in [0.29, 0.717) is 0 Å². The van der Waals surface area contributed by atoms with Crippen molar-refractivity contribution in [2.24, 2.45) is 11.8 Å². The van der Waals surface area contributed by atoms with Crippen molar-refractivity contribution in [3.05, 3.63) is 0 Å². The van der Waals surface area contributed by atoms with Crippen molar-refractivity contribution in [3.8, 4) is 0 Å². The molecular weight excluding hydrogens is 136 g/mol. The van der Waals surface area contributed by atoms with Gasteiger partial charge in [-0.3, -0.25) is 0 Å². The van der Waals surface area contributed by atoms with Gasteiger partial charge in [-0.2, -0.15) is 0 Å². The van der Waals surface area contributed by atoms with E-state index >= 15 is 0 Å². The van der Waals surface area contributed by atoms with Gasteiger partial charge < -0.3 is 4.74 Å². The maximum Gasteiger partial charge on any atom is 0.0691 e. The normalized spacial score (nSPS) is 53.5. The zero-order chi connectivity index (χ0) is 8.28. The van der Waals surface area contributed by atoms with Crippen LogP contribution in [0.1, 0.15) is 40.5 Å². The summed E-state index contributed by atoms with van der Waals surface area (Å²) < 4.78 is 6.05. The first-order valence-electron chi connectivity index (χ1n) is 4.66. The van der Waals surface area contributed by atoms with Gasteiger partial charge >= 0.3 is 0 Å². The van der Waals surface area contributed by atoms with Crippen LogP contribution in [0.3, 0.4) is 0 Å². The minimum Gasteiger partial charge on any atom is -0.369 e. The van der Waals surface area contributed by atoms with E-state index in [4.69, 9.17) is 4.74 Å². The molecule has 1 saturated heterocycles. The van der Waals surface area contributed by atoms with Crippen LogP contribution >= 0.6 is 0 Å². The molecule has 1 aliphatic carbocycles. The van der Waals surface area contributed by atoms with E-state index in [2.05, 4.69) is 27.7 Å². The molecule has 1 nitrogen and oxygen atoms in total. The molecule has 64 valence electrons. The standard InChI is InChI=1S/C10H18O/c1-7-8-5-6-10(7,4)11-9(8,2)3/h7-8H,5-6H2,1-4H3/t7-,8+,10-/m0/s1. The Bertz CT molecular complexity index is 185. The van der Waals surface area contributed by atoms with Crippen molar-refractivity contribution >= 4 is 0 Å². The lowest BCUT2D eigenvalue weighted by Gasteiger charge is -2.33. The maximum absolute atomic E-state index is 6.05. The Morgan fingerprint density at radius 2 is 1.91 bits per heavy atom. The Morgan fingerprint density at radius 1 is 1.27 bits per heavy atom. The molecule has 0 unspecified atom stereocenters. The summed E-state index contributed by atoms with van der Waals surface area (Å²) in [6, 6.07) is 0. The third-order valence-corrected chi connectivity index (χ3v) is 3.91. The van der Waals surface area contributed by atoms with Gasteiger partial charge in [-0.25, -0.2) is 0 Å². The Labute approximate surface area is 69.1 Å². The summed E-state index contributed by atoms with van der Waals surface area (Å²) in [6.07, 6.45) is 2.63. The Morgan fingerprint density at radius 3 is 2.09 bits per heavy atom. The highest BCUT2D eigenvalue weighted by atomic mass is 16.5. The van der Waals surface area contributed by atoms with E-state index in [0.717, 1.165) is 11.8 Å². The molecule has 11 heavy (non-hydrogen) atoms. The highest BCUT2D eigenvalue weighted by molar-refractivity contribution is 5.06. The summed E-state index contributed by atoms with van der Waals surface area (Å²) >= 11 is 0. The molecule has 0 aromatic rings. The second-order valence-electron chi connectivity index (χ2n) is 4.95. The summed E-state index contributed by atoms with van der Waals surface area (Å²) in [7, 11) is 0. The van der Waals surface area contributed by atoms with Gasteiger partial charge in [0.25, 0.3) is 0 Å². The summed E-state index contributed by atoms with van der Waals surface area (Å²) in [5, 5.41) is 0. The Hall–Kier alpha value is -0.0400. The zero-order valence-corrected chi connectivity index (χ0v) is 7.98. The molecule has 2 rings (SSSR count). The van der Waals surface area contributed by atoms with Gasteiger partial charge in [0, 0.05) is 0 Å². The first-order valence-corrected chi connectivity index (χ1v) is 4.66. The van der Waals surface area contributed by atoms with E-state index in [-0.39, 0.29) is 11.2 Å². The molecule has 0 aromatic carbocycles. The maximum atomic E-state index is 6.05. The van der Waals surface area contributed by atoms with E-state index in [1.807, 2.05) is 0 Å². The quantitative estimate of drug-likeness (QED) is 0.521. The van der Waals surface area contributed by atoms with E-state index < -0.39 is 0 Å². The third kappa shape index (κ3) is 0.807. The van der Waals surface area contributed by atoms with Crippen molar-refractivity contribution in [1.82, 2.24) is 0 Å². The van der Waals surface area contributed by atoms with Gasteiger partial charge in [-0.05, 0) is 45.4 Å². The van der Waals surface area contributed by atoms with Crippen LogP contribution in [0.25, 0.3) is 0 Å². The fourth-order valence-corrected chi connectivity index (χ4v) is 3.12. The van der Waals surface area contributed by atoms with Crippen molar-refractivity contribution in [2.45, 2.75) is 51.7 Å². The number of hydrogen-bond acceptors (Lipinski definition) is 1. The van der Waals surface area contributed by atoms with Gasteiger partial charge in [0.15, 0.2) is 0 Å². The molecule has 1 saturated carbocycles. The molecule has 2 fully saturated rings. The van der Waals surface area contributed by atoms with Crippen molar-refractivity contribution in [2.75, 3.05) is 0 Å². The molecule has 0 aromatic heterocycles. The van der Waals surface area contributed by atoms with Crippen molar-refractivity contribution in [3.63, 3.8) is 0 Å². The topological polar surface area (TPSA) is 9.23 Å². The molecule has 0 N–H and O–H groups in total. The van der Waals surface area contributed by atoms with Crippen molar-refractivity contribution in [1.29, 1.82) is 0 Å². The lowest BCUT2D eigenvalue weighted by Crippen LogP contribution is -2.35. The molecule has 1 heteroatoms. The van der Waals surface area contributed by atoms with Gasteiger partial charge in [0.1, 0.15) is 0 Å².